The molecule has 0 aromatic heterocycles. The van der Waals surface area contributed by atoms with Crippen LogP contribution in [0.15, 0.2) is 0 Å². The van der Waals surface area contributed by atoms with E-state index in [-0.39, 0.29) is 0 Å². The van der Waals surface area contributed by atoms with Crippen LogP contribution in [0.4, 0.5) is 0 Å². The van der Waals surface area contributed by atoms with Gasteiger partial charge >= 0.3 is 0 Å². The van der Waals surface area contributed by atoms with Gasteiger partial charge in [0.05, 0.1) is 0 Å². The highest BCUT2D eigenvalue weighted by atomic mass is 32.2. The lowest BCUT2D eigenvalue weighted by Crippen LogP contribution is -2.09. The molecule has 0 N–H and O–H groups in total. The van der Waals surface area contributed by atoms with Crippen LogP contribution < -0.4 is 0 Å². The van der Waals surface area contributed by atoms with Crippen molar-refractivity contribution >= 4 is 11.1 Å². The van der Waals surface area contributed by atoms with Crippen LogP contribution in [0.1, 0.15) is 84.5 Å². The molecular weight excluding hydrogens is 244 g/mol. The lowest BCUT2D eigenvalue weighted by Gasteiger charge is -2.16. The fourth-order valence-electron chi connectivity index (χ4n) is 2.34. The summed E-state index contributed by atoms with van der Waals surface area (Å²) in [5.74, 6) is 0.737. The first kappa shape index (κ1) is 18.1. The Morgan fingerprint density at radius 3 is 1.83 bits per heavy atom. The fourth-order valence-corrected chi connectivity index (χ4v) is 3.13. The summed E-state index contributed by atoms with van der Waals surface area (Å²) in [5, 5.41) is 0. The van der Waals surface area contributed by atoms with Crippen molar-refractivity contribution in [3.05, 3.63) is 0 Å². The van der Waals surface area contributed by atoms with E-state index in [4.69, 9.17) is 0 Å². The Morgan fingerprint density at radius 1 is 0.889 bits per heavy atom. The van der Waals surface area contributed by atoms with Crippen molar-refractivity contribution in [1.82, 2.24) is 0 Å². The van der Waals surface area contributed by atoms with Crippen LogP contribution >= 0.6 is 0 Å². The Morgan fingerprint density at radius 2 is 1.39 bits per heavy atom. The van der Waals surface area contributed by atoms with Crippen molar-refractivity contribution in [1.29, 1.82) is 0 Å². The second-order valence-corrected chi connectivity index (χ2v) is 6.30. The smallest absolute Gasteiger partial charge is 0.0130 e. The molecule has 0 aliphatic carbocycles. The topological polar surface area (TPSA) is 40.1 Å². The number of hydrogen-bond acceptors (Lipinski definition) is 2. The van der Waals surface area contributed by atoms with Gasteiger partial charge in [-0.05, 0) is 12.3 Å². The summed E-state index contributed by atoms with van der Waals surface area (Å²) in [6, 6.07) is 0. The molecule has 0 bridgehead atoms. The molecule has 110 valence electrons. The monoisotopic (exact) mass is 275 g/mol. The minimum absolute atomic E-state index is 0.355. The summed E-state index contributed by atoms with van der Waals surface area (Å²) in [6.07, 6.45) is 14.1. The summed E-state index contributed by atoms with van der Waals surface area (Å²) < 4.78 is 21.3. The van der Waals surface area contributed by atoms with Gasteiger partial charge in [0, 0.05) is 5.75 Å². The van der Waals surface area contributed by atoms with E-state index < -0.39 is 11.1 Å². The van der Waals surface area contributed by atoms with E-state index in [9.17, 15) is 8.76 Å². The Hall–Kier alpha value is 0.110. The molecule has 0 heterocycles. The molecular formula is C15H31O2S-. The molecule has 0 saturated carbocycles. The maximum absolute atomic E-state index is 10.6. The van der Waals surface area contributed by atoms with Gasteiger partial charge < -0.3 is 4.55 Å². The molecule has 0 aliphatic rings. The first-order valence-corrected chi connectivity index (χ1v) is 9.00. The number of rotatable bonds is 13. The van der Waals surface area contributed by atoms with Crippen molar-refractivity contribution in [2.24, 2.45) is 5.92 Å². The van der Waals surface area contributed by atoms with Crippen molar-refractivity contribution < 1.29 is 8.76 Å². The Bertz CT molecular complexity index is 195. The molecule has 0 rings (SSSR count). The predicted molar refractivity (Wildman–Crippen MR) is 79.4 cm³/mol. The molecule has 3 heteroatoms. The van der Waals surface area contributed by atoms with Crippen molar-refractivity contribution in [2.45, 2.75) is 84.5 Å². The molecule has 0 fully saturated rings. The second kappa shape index (κ2) is 13.5. The first-order chi connectivity index (χ1) is 8.70. The Kier molecular flexibility index (Phi) is 13.6. The van der Waals surface area contributed by atoms with Gasteiger partial charge in [0.2, 0.25) is 0 Å². The van der Waals surface area contributed by atoms with Crippen LogP contribution in [0.5, 0.6) is 0 Å². The third kappa shape index (κ3) is 12.6. The molecule has 2 atom stereocenters. The van der Waals surface area contributed by atoms with Gasteiger partial charge in [0.25, 0.3) is 0 Å². The normalized spacial score (nSPS) is 14.6. The molecule has 0 spiro atoms. The van der Waals surface area contributed by atoms with E-state index in [1.54, 1.807) is 0 Å². The zero-order valence-electron chi connectivity index (χ0n) is 12.3. The fraction of sp³-hybridized carbons (Fsp3) is 1.00. The van der Waals surface area contributed by atoms with Crippen LogP contribution in [0.2, 0.25) is 0 Å². The average molecular weight is 275 g/mol. The Labute approximate surface area is 116 Å². The van der Waals surface area contributed by atoms with Gasteiger partial charge in [0.15, 0.2) is 0 Å². The zero-order valence-corrected chi connectivity index (χ0v) is 13.1. The molecule has 0 aromatic rings. The van der Waals surface area contributed by atoms with E-state index in [1.165, 1.54) is 57.8 Å². The summed E-state index contributed by atoms with van der Waals surface area (Å²) in [7, 11) is 0. The van der Waals surface area contributed by atoms with Gasteiger partial charge in [-0.3, -0.25) is 4.21 Å². The van der Waals surface area contributed by atoms with Crippen LogP contribution in [0.25, 0.3) is 0 Å². The summed E-state index contributed by atoms with van der Waals surface area (Å²) in [4.78, 5) is 0. The lowest BCUT2D eigenvalue weighted by atomic mass is 9.99. The van der Waals surface area contributed by atoms with Gasteiger partial charge in [0.1, 0.15) is 0 Å². The maximum atomic E-state index is 10.6. The molecule has 0 radical (unpaired) electrons. The SMILES string of the molecule is CCCCCCCCCCCC(CC)CS(=O)[O-]. The molecule has 2 unspecified atom stereocenters. The van der Waals surface area contributed by atoms with Crippen LogP contribution in [-0.2, 0) is 11.1 Å². The molecule has 2 nitrogen and oxygen atoms in total. The second-order valence-electron chi connectivity index (χ2n) is 5.36. The Balaban J connectivity index is 3.25. The summed E-state index contributed by atoms with van der Waals surface area (Å²) in [6.45, 7) is 4.34. The van der Waals surface area contributed by atoms with E-state index in [0.29, 0.717) is 11.7 Å². The predicted octanol–water partition coefficient (Wildman–Crippen LogP) is 4.81. The quantitative estimate of drug-likeness (QED) is 0.357. The molecule has 0 aliphatic heterocycles. The lowest BCUT2D eigenvalue weighted by molar-refractivity contribution is 0.455. The molecule has 0 amide bonds. The van der Waals surface area contributed by atoms with Crippen molar-refractivity contribution in [3.63, 3.8) is 0 Å². The molecule has 0 saturated heterocycles. The first-order valence-electron chi connectivity index (χ1n) is 7.76. The number of hydrogen-bond donors (Lipinski definition) is 0. The van der Waals surface area contributed by atoms with E-state index in [2.05, 4.69) is 13.8 Å². The molecule has 18 heavy (non-hydrogen) atoms. The van der Waals surface area contributed by atoms with E-state index in [0.717, 1.165) is 12.8 Å². The van der Waals surface area contributed by atoms with Crippen LogP contribution in [0, 0.1) is 5.92 Å². The third-order valence-electron chi connectivity index (χ3n) is 3.67. The van der Waals surface area contributed by atoms with Crippen LogP contribution in [-0.4, -0.2) is 14.5 Å². The standard InChI is InChI=1S/C15H32O2S/c1-3-5-6-7-8-9-10-11-12-13-15(4-2)14-18(16)17/h15H,3-14H2,1-2H3,(H,16,17)/p-1. The minimum Gasteiger partial charge on any atom is -0.772 e. The van der Waals surface area contributed by atoms with Gasteiger partial charge in [-0.2, -0.15) is 0 Å². The number of unbranched alkanes of at least 4 members (excludes halogenated alkanes) is 8. The van der Waals surface area contributed by atoms with Crippen molar-refractivity contribution in [2.75, 3.05) is 5.75 Å². The zero-order chi connectivity index (χ0) is 13.6. The van der Waals surface area contributed by atoms with Gasteiger partial charge in [-0.1, -0.05) is 89.1 Å². The summed E-state index contributed by atoms with van der Waals surface area (Å²) >= 11 is -1.86. The molecule has 0 aromatic carbocycles. The van der Waals surface area contributed by atoms with E-state index in [1.807, 2.05) is 0 Å². The highest BCUT2D eigenvalue weighted by Crippen LogP contribution is 2.16. The largest absolute Gasteiger partial charge is 0.772 e. The third-order valence-corrected chi connectivity index (χ3v) is 4.41. The van der Waals surface area contributed by atoms with Gasteiger partial charge in [-0.25, -0.2) is 0 Å². The highest BCUT2D eigenvalue weighted by molar-refractivity contribution is 7.79. The average Bonchev–Trinajstić information content (AvgIpc) is 2.35. The van der Waals surface area contributed by atoms with Gasteiger partial charge in [-0.15, -0.1) is 0 Å². The maximum Gasteiger partial charge on any atom is 0.0130 e. The highest BCUT2D eigenvalue weighted by Gasteiger charge is 2.05. The van der Waals surface area contributed by atoms with Crippen molar-refractivity contribution in [3.8, 4) is 0 Å². The van der Waals surface area contributed by atoms with E-state index >= 15 is 0 Å². The minimum atomic E-state index is -1.86. The summed E-state index contributed by atoms with van der Waals surface area (Å²) in [5.41, 5.74) is 0. The van der Waals surface area contributed by atoms with Crippen LogP contribution in [0.3, 0.4) is 0 Å².